The fourth-order valence-corrected chi connectivity index (χ4v) is 2.16. The first kappa shape index (κ1) is 12.0. The van der Waals surface area contributed by atoms with E-state index in [9.17, 15) is 4.39 Å². The fraction of sp³-hybridized carbons (Fsp3) is 0.308. The Morgan fingerprint density at radius 1 is 1.26 bits per heavy atom. The predicted octanol–water partition coefficient (Wildman–Crippen LogP) is 1.83. The minimum absolute atomic E-state index is 0.339. The summed E-state index contributed by atoms with van der Waals surface area (Å²) in [6.07, 6.45) is 4.19. The molecule has 0 aromatic carbocycles. The zero-order chi connectivity index (χ0) is 13.1. The van der Waals surface area contributed by atoms with E-state index in [1.165, 1.54) is 18.3 Å². The van der Waals surface area contributed by atoms with E-state index in [0.717, 1.165) is 25.2 Å². The number of hydrogen-bond acceptors (Lipinski definition) is 5. The Labute approximate surface area is 110 Å². The molecule has 0 radical (unpaired) electrons. The molecule has 19 heavy (non-hydrogen) atoms. The van der Waals surface area contributed by atoms with Crippen molar-refractivity contribution in [1.82, 2.24) is 20.3 Å². The van der Waals surface area contributed by atoms with E-state index < -0.39 is 0 Å². The molecule has 1 saturated heterocycles. The van der Waals surface area contributed by atoms with Crippen LogP contribution in [0.3, 0.4) is 0 Å². The van der Waals surface area contributed by atoms with Gasteiger partial charge in [0.1, 0.15) is 11.6 Å². The van der Waals surface area contributed by atoms with Gasteiger partial charge in [-0.2, -0.15) is 0 Å². The highest BCUT2D eigenvalue weighted by atomic mass is 19.1. The first-order valence-electron chi connectivity index (χ1n) is 6.23. The Bertz CT molecular complexity index is 568. The first-order valence-corrected chi connectivity index (χ1v) is 6.23. The average molecular weight is 259 g/mol. The summed E-state index contributed by atoms with van der Waals surface area (Å²) >= 11 is 0. The number of hydrogen-bond donors (Lipinski definition) is 2. The van der Waals surface area contributed by atoms with Crippen LogP contribution in [0, 0.1) is 5.82 Å². The first-order chi connectivity index (χ1) is 9.31. The maximum absolute atomic E-state index is 13.1. The molecule has 2 aromatic rings. The molecule has 1 fully saturated rings. The molecule has 1 aliphatic heterocycles. The summed E-state index contributed by atoms with van der Waals surface area (Å²) < 4.78 is 13.1. The highest BCUT2D eigenvalue weighted by Crippen LogP contribution is 2.21. The van der Waals surface area contributed by atoms with Gasteiger partial charge in [0.2, 0.25) is 5.95 Å². The molecule has 98 valence electrons. The lowest BCUT2D eigenvalue weighted by molar-refractivity contribution is 0.626. The van der Waals surface area contributed by atoms with Crippen LogP contribution in [-0.4, -0.2) is 28.0 Å². The zero-order valence-corrected chi connectivity index (χ0v) is 10.3. The number of nitrogens with zero attached hydrogens (tertiary/aromatic N) is 3. The van der Waals surface area contributed by atoms with E-state index >= 15 is 0 Å². The Hall–Kier alpha value is -2.08. The molecule has 3 rings (SSSR count). The summed E-state index contributed by atoms with van der Waals surface area (Å²) in [5.41, 5.74) is 0.999. The standard InChI is InChI=1S/C13H14FN5/c14-10-2-5-16-12(7-10)19-13-17-6-3-11(18-13)9-1-4-15-8-9/h2-3,5-7,9,15H,1,4,8H2,(H,16,17,18,19)/t9-/m0/s1. The number of halogens is 1. The van der Waals surface area contributed by atoms with Gasteiger partial charge in [0.25, 0.3) is 0 Å². The van der Waals surface area contributed by atoms with Gasteiger partial charge in [-0.15, -0.1) is 0 Å². The van der Waals surface area contributed by atoms with Gasteiger partial charge in [0.15, 0.2) is 0 Å². The normalized spacial score (nSPS) is 18.5. The van der Waals surface area contributed by atoms with Crippen LogP contribution in [0.15, 0.2) is 30.6 Å². The minimum Gasteiger partial charge on any atom is -0.316 e. The second-order valence-electron chi connectivity index (χ2n) is 4.48. The SMILES string of the molecule is Fc1ccnc(Nc2nccc([C@H]3CCNC3)n2)c1. The molecule has 1 atom stereocenters. The van der Waals surface area contributed by atoms with Crippen molar-refractivity contribution in [1.29, 1.82) is 0 Å². The molecular formula is C13H14FN5. The number of pyridine rings is 1. The van der Waals surface area contributed by atoms with Crippen LogP contribution < -0.4 is 10.6 Å². The molecule has 3 heterocycles. The van der Waals surface area contributed by atoms with Crippen LogP contribution in [0.25, 0.3) is 0 Å². The Balaban J connectivity index is 1.79. The van der Waals surface area contributed by atoms with E-state index in [2.05, 4.69) is 25.6 Å². The van der Waals surface area contributed by atoms with Gasteiger partial charge in [0, 0.05) is 30.9 Å². The van der Waals surface area contributed by atoms with Gasteiger partial charge in [-0.05, 0) is 25.1 Å². The third-order valence-corrected chi connectivity index (χ3v) is 3.12. The lowest BCUT2D eigenvalue weighted by Crippen LogP contribution is -2.10. The maximum atomic E-state index is 13.1. The molecule has 0 spiro atoms. The monoisotopic (exact) mass is 259 g/mol. The van der Waals surface area contributed by atoms with Crippen molar-refractivity contribution >= 4 is 11.8 Å². The summed E-state index contributed by atoms with van der Waals surface area (Å²) in [6, 6.07) is 4.53. The lowest BCUT2D eigenvalue weighted by atomic mass is 10.1. The third-order valence-electron chi connectivity index (χ3n) is 3.12. The molecule has 0 bridgehead atoms. The highest BCUT2D eigenvalue weighted by molar-refractivity contribution is 5.47. The predicted molar refractivity (Wildman–Crippen MR) is 69.7 cm³/mol. The van der Waals surface area contributed by atoms with Crippen molar-refractivity contribution in [2.24, 2.45) is 0 Å². The Kier molecular flexibility index (Phi) is 3.33. The van der Waals surface area contributed by atoms with Crippen LogP contribution in [0.2, 0.25) is 0 Å². The summed E-state index contributed by atoms with van der Waals surface area (Å²) in [6.45, 7) is 1.96. The quantitative estimate of drug-likeness (QED) is 0.880. The van der Waals surface area contributed by atoms with Crippen molar-refractivity contribution in [3.8, 4) is 0 Å². The summed E-state index contributed by atoms with van der Waals surface area (Å²) in [4.78, 5) is 12.6. The number of nitrogens with one attached hydrogen (secondary N) is 2. The molecule has 2 aromatic heterocycles. The summed E-state index contributed by atoms with van der Waals surface area (Å²) in [5.74, 6) is 0.932. The Morgan fingerprint density at radius 2 is 2.16 bits per heavy atom. The van der Waals surface area contributed by atoms with Crippen LogP contribution >= 0.6 is 0 Å². The van der Waals surface area contributed by atoms with Gasteiger partial charge in [-0.3, -0.25) is 0 Å². The molecule has 0 saturated carbocycles. The van der Waals surface area contributed by atoms with Gasteiger partial charge in [0.05, 0.1) is 5.69 Å². The summed E-state index contributed by atoms with van der Waals surface area (Å²) in [7, 11) is 0. The molecular weight excluding hydrogens is 245 g/mol. The molecule has 1 aliphatic rings. The van der Waals surface area contributed by atoms with Gasteiger partial charge in [-0.1, -0.05) is 0 Å². The molecule has 6 heteroatoms. The lowest BCUT2D eigenvalue weighted by Gasteiger charge is -2.09. The molecule has 0 aliphatic carbocycles. The van der Waals surface area contributed by atoms with E-state index in [0.29, 0.717) is 17.7 Å². The topological polar surface area (TPSA) is 62.7 Å². The highest BCUT2D eigenvalue weighted by Gasteiger charge is 2.18. The van der Waals surface area contributed by atoms with Crippen LogP contribution in [0.4, 0.5) is 16.2 Å². The largest absolute Gasteiger partial charge is 0.316 e. The molecule has 0 unspecified atom stereocenters. The summed E-state index contributed by atoms with van der Waals surface area (Å²) in [5, 5.41) is 6.22. The van der Waals surface area contributed by atoms with E-state index in [4.69, 9.17) is 0 Å². The van der Waals surface area contributed by atoms with Crippen molar-refractivity contribution in [3.05, 3.63) is 42.1 Å². The van der Waals surface area contributed by atoms with E-state index in [-0.39, 0.29) is 5.82 Å². The zero-order valence-electron chi connectivity index (χ0n) is 10.3. The van der Waals surface area contributed by atoms with Crippen molar-refractivity contribution in [2.75, 3.05) is 18.4 Å². The van der Waals surface area contributed by atoms with Crippen LogP contribution in [0.1, 0.15) is 18.0 Å². The second-order valence-corrected chi connectivity index (χ2v) is 4.48. The molecule has 2 N–H and O–H groups in total. The number of rotatable bonds is 3. The van der Waals surface area contributed by atoms with E-state index in [1.807, 2.05) is 6.07 Å². The number of anilines is 2. The van der Waals surface area contributed by atoms with E-state index in [1.54, 1.807) is 6.20 Å². The van der Waals surface area contributed by atoms with Gasteiger partial charge in [-0.25, -0.2) is 19.3 Å². The van der Waals surface area contributed by atoms with Crippen molar-refractivity contribution in [2.45, 2.75) is 12.3 Å². The molecule has 0 amide bonds. The fourth-order valence-electron chi connectivity index (χ4n) is 2.16. The minimum atomic E-state index is -0.339. The van der Waals surface area contributed by atoms with Crippen molar-refractivity contribution < 1.29 is 4.39 Å². The van der Waals surface area contributed by atoms with Crippen LogP contribution in [0.5, 0.6) is 0 Å². The van der Waals surface area contributed by atoms with Crippen LogP contribution in [-0.2, 0) is 0 Å². The maximum Gasteiger partial charge on any atom is 0.228 e. The molecule has 5 nitrogen and oxygen atoms in total. The van der Waals surface area contributed by atoms with Crippen molar-refractivity contribution in [3.63, 3.8) is 0 Å². The number of aromatic nitrogens is 3. The second kappa shape index (κ2) is 5.27. The average Bonchev–Trinajstić information content (AvgIpc) is 2.93. The smallest absolute Gasteiger partial charge is 0.228 e. The Morgan fingerprint density at radius 3 is 2.95 bits per heavy atom. The third kappa shape index (κ3) is 2.85. The van der Waals surface area contributed by atoms with Gasteiger partial charge < -0.3 is 10.6 Å². The van der Waals surface area contributed by atoms with Gasteiger partial charge >= 0.3 is 0 Å².